The van der Waals surface area contributed by atoms with E-state index < -0.39 is 0 Å². The Labute approximate surface area is 396 Å². The number of fused-ring (bicyclic) bond motifs is 6. The van der Waals surface area contributed by atoms with Gasteiger partial charge in [0.05, 0.1) is 16.6 Å². The number of hydrogen-bond acceptors (Lipinski definition) is 4. The number of anilines is 1. The van der Waals surface area contributed by atoms with Crippen LogP contribution in [0.2, 0.25) is 0 Å². The zero-order chi connectivity index (χ0) is 45.8. The van der Waals surface area contributed by atoms with Gasteiger partial charge in [0.25, 0.3) is 0 Å². The molecule has 0 bridgehead atoms. The van der Waals surface area contributed by atoms with Crippen LogP contribution in [0, 0.1) is 6.92 Å². The quantitative estimate of drug-likeness (QED) is 0.147. The molecule has 12 aromatic rings. The second-order valence-corrected chi connectivity index (χ2v) is 16.9. The first-order valence-corrected chi connectivity index (χ1v) is 23.1. The molecular weight excluding hydrogens is 829 g/mol. The summed E-state index contributed by atoms with van der Waals surface area (Å²) < 4.78 is 4.68. The fourth-order valence-electron chi connectivity index (χ4n) is 9.16. The smallest absolute Gasteiger partial charge is 0.164 e. The molecule has 0 unspecified atom stereocenters. The van der Waals surface area contributed by atoms with Crippen LogP contribution in [0.5, 0.6) is 0 Å². The van der Waals surface area contributed by atoms with Gasteiger partial charge in [0.1, 0.15) is 0 Å². The van der Waals surface area contributed by atoms with Crippen molar-refractivity contribution in [2.75, 3.05) is 11.9 Å². The van der Waals surface area contributed by atoms with E-state index in [1.807, 2.05) is 79.7 Å². The van der Waals surface area contributed by atoms with Gasteiger partial charge in [-0.1, -0.05) is 164 Å². The van der Waals surface area contributed by atoms with E-state index in [1.165, 1.54) is 49.2 Å². The van der Waals surface area contributed by atoms with Crippen LogP contribution in [0.4, 0.5) is 5.69 Å². The molecule has 6 nitrogen and oxygen atoms in total. The third-order valence-corrected chi connectivity index (χ3v) is 12.6. The summed E-state index contributed by atoms with van der Waals surface area (Å²) in [4.78, 5) is 14.8. The minimum atomic E-state index is 0.638. The van der Waals surface area contributed by atoms with Crippen LogP contribution >= 0.6 is 0 Å². The summed E-state index contributed by atoms with van der Waals surface area (Å²) in [5.41, 5.74) is 13.4. The van der Waals surface area contributed by atoms with Crippen LogP contribution in [-0.4, -0.2) is 30.6 Å². The predicted molar refractivity (Wildman–Crippen MR) is 285 cm³/mol. The minimum Gasteiger partial charge on any atom is -0.381 e. The summed E-state index contributed by atoms with van der Waals surface area (Å²) in [7, 11) is 0. The lowest BCUT2D eigenvalue weighted by Gasteiger charge is -2.11. The predicted octanol–water partition coefficient (Wildman–Crippen LogP) is 15.7. The molecule has 0 spiro atoms. The normalized spacial score (nSPS) is 11.4. The average molecular weight is 877 g/mol. The van der Waals surface area contributed by atoms with Crippen molar-refractivity contribution >= 4 is 49.2 Å². The summed E-state index contributed by atoms with van der Waals surface area (Å²) in [5.74, 6) is 1.94. The molecule has 0 aliphatic carbocycles. The second kappa shape index (κ2) is 18.6. The molecule has 0 fully saturated rings. The Bertz CT molecular complexity index is 3700. The van der Waals surface area contributed by atoms with Gasteiger partial charge in [0.2, 0.25) is 0 Å². The van der Waals surface area contributed by atoms with Crippen molar-refractivity contribution < 1.29 is 0 Å². The van der Waals surface area contributed by atoms with Crippen molar-refractivity contribution in [1.29, 1.82) is 0 Å². The number of nitrogens with one attached hydrogen (secondary N) is 1. The Balaban J connectivity index is 0.000000371. The van der Waals surface area contributed by atoms with Crippen LogP contribution in [0.15, 0.2) is 237 Å². The molecule has 6 heteroatoms. The lowest BCUT2D eigenvalue weighted by Crippen LogP contribution is -2.00. The third-order valence-electron chi connectivity index (χ3n) is 12.6. The molecule has 0 saturated carbocycles. The lowest BCUT2D eigenvalue weighted by molar-refractivity contribution is 1.07. The van der Waals surface area contributed by atoms with Gasteiger partial charge in [-0.15, -0.1) is 0 Å². The molecule has 9 aromatic carbocycles. The monoisotopic (exact) mass is 876 g/mol. The number of nitrogens with zero attached hydrogens (tertiary/aromatic N) is 5. The van der Waals surface area contributed by atoms with Crippen molar-refractivity contribution in [2.24, 2.45) is 0 Å². The van der Waals surface area contributed by atoms with Crippen molar-refractivity contribution in [3.8, 4) is 56.7 Å². The second-order valence-electron chi connectivity index (χ2n) is 16.9. The molecule has 1 N–H and O–H groups in total. The highest BCUT2D eigenvalue weighted by Gasteiger charge is 2.17. The fourth-order valence-corrected chi connectivity index (χ4v) is 9.16. The molecular formula is C62H48N6. The minimum absolute atomic E-state index is 0.638. The van der Waals surface area contributed by atoms with Gasteiger partial charge in [-0.3, -0.25) is 0 Å². The van der Waals surface area contributed by atoms with Crippen LogP contribution in [0.1, 0.15) is 12.5 Å². The summed E-state index contributed by atoms with van der Waals surface area (Å²) in [6.45, 7) is 5.04. The third kappa shape index (κ3) is 8.20. The van der Waals surface area contributed by atoms with E-state index in [9.17, 15) is 0 Å². The van der Waals surface area contributed by atoms with Crippen LogP contribution < -0.4 is 5.32 Å². The maximum Gasteiger partial charge on any atom is 0.164 e. The SMILES string of the molecule is C/C=C\CNc1ccccc1C.c1ccc(-c2nc(-c3ccccc3)nc(-c3cccc(-c4cccc(-n5ccc6c7cc8c(cc7ccc65)c5ccccc5n8-c5ccccc5)c4)c3)n2)cc1. The van der Waals surface area contributed by atoms with Crippen molar-refractivity contribution in [1.82, 2.24) is 24.1 Å². The number of allylic oxidation sites excluding steroid dienone is 1. The molecule has 12 rings (SSSR count). The van der Waals surface area contributed by atoms with E-state index in [4.69, 9.17) is 15.0 Å². The molecule has 3 aromatic heterocycles. The van der Waals surface area contributed by atoms with E-state index in [0.717, 1.165) is 51.3 Å². The van der Waals surface area contributed by atoms with Gasteiger partial charge in [-0.25, -0.2) is 15.0 Å². The van der Waals surface area contributed by atoms with Gasteiger partial charge < -0.3 is 14.5 Å². The maximum absolute atomic E-state index is 4.98. The Morgan fingerprint density at radius 3 is 1.72 bits per heavy atom. The standard InChI is InChI=1S/C51H33N5.C11H15N/c1-4-14-34(15-5-1)49-52-50(35-16-6-2-7-17-35)54-51(53-49)39-20-12-18-36(30-39)37-19-13-23-41(31-37)55-29-28-43-44-33-48-45(32-38(44)26-27-46(43)55)42-24-10-11-25-47(42)56(48)40-21-8-3-9-22-40;1-3-4-9-12-11-8-6-5-7-10(11)2/h1-33H;3-8,12H,9H2,1-2H3/b;4-3-. The average Bonchev–Trinajstić information content (AvgIpc) is 3.99. The van der Waals surface area contributed by atoms with Crippen LogP contribution in [0.25, 0.3) is 100 Å². The highest BCUT2D eigenvalue weighted by atomic mass is 15.0. The van der Waals surface area contributed by atoms with Crippen molar-refractivity contribution in [3.05, 3.63) is 242 Å². The first-order valence-electron chi connectivity index (χ1n) is 23.1. The molecule has 68 heavy (non-hydrogen) atoms. The molecule has 0 atom stereocenters. The van der Waals surface area contributed by atoms with Crippen LogP contribution in [-0.2, 0) is 0 Å². The van der Waals surface area contributed by atoms with Gasteiger partial charge in [-0.05, 0) is 108 Å². The molecule has 0 aliphatic heterocycles. The molecule has 3 heterocycles. The Hall–Kier alpha value is -8.87. The number of aromatic nitrogens is 5. The molecule has 326 valence electrons. The number of benzene rings is 9. The highest BCUT2D eigenvalue weighted by molar-refractivity contribution is 6.18. The van der Waals surface area contributed by atoms with E-state index in [0.29, 0.717) is 17.5 Å². The molecule has 0 amide bonds. The molecule has 0 saturated heterocycles. The highest BCUT2D eigenvalue weighted by Crippen LogP contribution is 2.38. The van der Waals surface area contributed by atoms with E-state index in [-0.39, 0.29) is 0 Å². The molecule has 0 radical (unpaired) electrons. The van der Waals surface area contributed by atoms with Gasteiger partial charge >= 0.3 is 0 Å². The topological polar surface area (TPSA) is 60.6 Å². The first-order chi connectivity index (χ1) is 33.6. The van der Waals surface area contributed by atoms with E-state index in [2.05, 4.69) is 185 Å². The van der Waals surface area contributed by atoms with Gasteiger partial charge in [0, 0.05) is 62.7 Å². The number of aryl methyl sites for hydroxylation is 1. The van der Waals surface area contributed by atoms with E-state index >= 15 is 0 Å². The largest absolute Gasteiger partial charge is 0.381 e. The van der Waals surface area contributed by atoms with Gasteiger partial charge in [0.15, 0.2) is 17.5 Å². The summed E-state index contributed by atoms with van der Waals surface area (Å²) in [6, 6.07) is 76.6. The summed E-state index contributed by atoms with van der Waals surface area (Å²) in [5, 5.41) is 9.53. The van der Waals surface area contributed by atoms with E-state index in [1.54, 1.807) is 0 Å². The number of hydrogen-bond donors (Lipinski definition) is 1. The van der Waals surface area contributed by atoms with Crippen LogP contribution in [0.3, 0.4) is 0 Å². The summed E-state index contributed by atoms with van der Waals surface area (Å²) in [6.07, 6.45) is 6.34. The molecule has 0 aliphatic rings. The van der Waals surface area contributed by atoms with Crippen molar-refractivity contribution in [2.45, 2.75) is 13.8 Å². The fraction of sp³-hybridized carbons (Fsp3) is 0.0484. The Morgan fingerprint density at radius 1 is 0.426 bits per heavy atom. The Morgan fingerprint density at radius 2 is 1.00 bits per heavy atom. The first kappa shape index (κ1) is 41.8. The van der Waals surface area contributed by atoms with Gasteiger partial charge in [-0.2, -0.15) is 0 Å². The maximum atomic E-state index is 4.98. The summed E-state index contributed by atoms with van der Waals surface area (Å²) >= 11 is 0. The Kier molecular flexibility index (Phi) is 11.4. The zero-order valence-corrected chi connectivity index (χ0v) is 38.0. The number of rotatable bonds is 9. The zero-order valence-electron chi connectivity index (χ0n) is 38.0. The number of para-hydroxylation sites is 3. The van der Waals surface area contributed by atoms with Crippen molar-refractivity contribution in [3.63, 3.8) is 0 Å². The lowest BCUT2D eigenvalue weighted by atomic mass is 10.0.